The molecule has 0 fully saturated rings. The lowest BCUT2D eigenvalue weighted by Gasteiger charge is -2.29. The van der Waals surface area contributed by atoms with Crippen molar-refractivity contribution in [2.45, 2.75) is 19.6 Å². The Labute approximate surface area is 203 Å². The summed E-state index contributed by atoms with van der Waals surface area (Å²) in [5, 5.41) is 10.6. The topological polar surface area (TPSA) is 90.3 Å². The fourth-order valence-corrected chi connectivity index (χ4v) is 4.08. The van der Waals surface area contributed by atoms with E-state index in [0.29, 0.717) is 35.3 Å². The molecule has 0 aliphatic carbocycles. The second kappa shape index (κ2) is 9.72. The number of ether oxygens (including phenoxy) is 2. The minimum atomic E-state index is -0.479. The average molecular weight is 468 g/mol. The van der Waals surface area contributed by atoms with Crippen molar-refractivity contribution in [1.82, 2.24) is 14.8 Å². The van der Waals surface area contributed by atoms with Gasteiger partial charge in [-0.25, -0.2) is 4.68 Å². The Balaban J connectivity index is 1.45. The Kier molecular flexibility index (Phi) is 6.17. The highest BCUT2D eigenvalue weighted by atomic mass is 16.5. The van der Waals surface area contributed by atoms with Crippen molar-refractivity contribution in [3.05, 3.63) is 108 Å². The summed E-state index contributed by atoms with van der Waals surface area (Å²) < 4.78 is 13.0. The standard InChI is InChI=1S/C27H25N5O3/c1-18-24(26(33)31-21-11-13-22(34-2)14-12-21)25(32-27(30-18)28-17-29-32)20-9-6-10-23(15-20)35-16-19-7-4-3-5-8-19/h3-15,17,25H,16H2,1-2H3,(H,31,33)(H,28,29,30)/t25-/m1/s1. The van der Waals surface area contributed by atoms with E-state index in [4.69, 9.17) is 9.47 Å². The van der Waals surface area contributed by atoms with Crippen molar-refractivity contribution in [2.24, 2.45) is 0 Å². The third-order valence-electron chi connectivity index (χ3n) is 5.81. The molecule has 3 aromatic carbocycles. The molecule has 1 aliphatic rings. The fraction of sp³-hybridized carbons (Fsp3) is 0.148. The molecule has 0 bridgehead atoms. The molecule has 4 aromatic rings. The Hall–Kier alpha value is -4.59. The second-order valence-electron chi connectivity index (χ2n) is 8.12. The number of nitrogens with zero attached hydrogens (tertiary/aromatic N) is 3. The van der Waals surface area contributed by atoms with Crippen molar-refractivity contribution >= 4 is 17.5 Å². The van der Waals surface area contributed by atoms with Crippen LogP contribution < -0.4 is 20.1 Å². The summed E-state index contributed by atoms with van der Waals surface area (Å²) in [7, 11) is 1.60. The van der Waals surface area contributed by atoms with Gasteiger partial charge in [-0.15, -0.1) is 0 Å². The number of amides is 1. The van der Waals surface area contributed by atoms with Gasteiger partial charge in [0, 0.05) is 11.4 Å². The van der Waals surface area contributed by atoms with Crippen molar-refractivity contribution < 1.29 is 14.3 Å². The smallest absolute Gasteiger partial charge is 0.255 e. The molecule has 8 heteroatoms. The fourth-order valence-electron chi connectivity index (χ4n) is 4.08. The lowest BCUT2D eigenvalue weighted by atomic mass is 9.95. The number of rotatable bonds is 7. The van der Waals surface area contributed by atoms with E-state index in [9.17, 15) is 4.79 Å². The number of nitrogens with one attached hydrogen (secondary N) is 2. The molecule has 2 N–H and O–H groups in total. The summed E-state index contributed by atoms with van der Waals surface area (Å²) in [6.45, 7) is 2.31. The van der Waals surface area contributed by atoms with Gasteiger partial charge >= 0.3 is 0 Å². The molecule has 0 radical (unpaired) electrons. The number of fused-ring (bicyclic) bond motifs is 1. The van der Waals surface area contributed by atoms with Crippen LogP contribution in [0.1, 0.15) is 24.1 Å². The Morgan fingerprint density at radius 2 is 1.83 bits per heavy atom. The predicted octanol–water partition coefficient (Wildman–Crippen LogP) is 4.79. The van der Waals surface area contributed by atoms with E-state index in [-0.39, 0.29) is 5.91 Å². The van der Waals surface area contributed by atoms with Gasteiger partial charge in [0.25, 0.3) is 5.91 Å². The molecule has 35 heavy (non-hydrogen) atoms. The summed E-state index contributed by atoms with van der Waals surface area (Å²) in [6, 6.07) is 24.4. The van der Waals surface area contributed by atoms with Crippen molar-refractivity contribution in [3.8, 4) is 11.5 Å². The zero-order valence-corrected chi connectivity index (χ0v) is 19.4. The van der Waals surface area contributed by atoms with Crippen LogP contribution in [0, 0.1) is 0 Å². The minimum Gasteiger partial charge on any atom is -0.497 e. The van der Waals surface area contributed by atoms with Gasteiger partial charge in [0.2, 0.25) is 5.95 Å². The Morgan fingerprint density at radius 1 is 1.03 bits per heavy atom. The van der Waals surface area contributed by atoms with Crippen molar-refractivity contribution in [2.75, 3.05) is 17.7 Å². The molecule has 8 nitrogen and oxygen atoms in total. The number of carbonyl (C=O) groups is 1. The lowest BCUT2D eigenvalue weighted by molar-refractivity contribution is -0.113. The summed E-state index contributed by atoms with van der Waals surface area (Å²) in [5.74, 6) is 1.76. The molecular weight excluding hydrogens is 442 g/mol. The SMILES string of the molecule is COc1ccc(NC(=O)C2=C(C)Nc3ncnn3[C@@H]2c2cccc(OCc3ccccc3)c2)cc1. The Morgan fingerprint density at radius 3 is 2.60 bits per heavy atom. The van der Waals surface area contributed by atoms with Gasteiger partial charge in [-0.3, -0.25) is 4.79 Å². The quantitative estimate of drug-likeness (QED) is 0.406. The van der Waals surface area contributed by atoms with Gasteiger partial charge in [-0.2, -0.15) is 10.1 Å². The summed E-state index contributed by atoms with van der Waals surface area (Å²) in [6.07, 6.45) is 1.47. The van der Waals surface area contributed by atoms with Crippen LogP contribution in [-0.2, 0) is 11.4 Å². The molecule has 1 atom stereocenters. The number of methoxy groups -OCH3 is 1. The maximum Gasteiger partial charge on any atom is 0.255 e. The Bertz CT molecular complexity index is 1360. The molecule has 0 spiro atoms. The molecule has 5 rings (SSSR count). The first-order valence-electron chi connectivity index (χ1n) is 11.2. The molecule has 1 aromatic heterocycles. The van der Waals surface area contributed by atoms with Crippen LogP contribution in [0.3, 0.4) is 0 Å². The minimum absolute atomic E-state index is 0.234. The number of aromatic nitrogens is 3. The number of allylic oxidation sites excluding steroid dienone is 1. The number of hydrogen-bond acceptors (Lipinski definition) is 6. The van der Waals surface area contributed by atoms with Crippen LogP contribution in [-0.4, -0.2) is 27.8 Å². The van der Waals surface area contributed by atoms with Crippen LogP contribution in [0.2, 0.25) is 0 Å². The van der Waals surface area contributed by atoms with E-state index in [1.54, 1.807) is 36.1 Å². The zero-order chi connectivity index (χ0) is 24.2. The number of benzene rings is 3. The van der Waals surface area contributed by atoms with E-state index in [2.05, 4.69) is 20.7 Å². The van der Waals surface area contributed by atoms with Gasteiger partial charge in [-0.05, 0) is 54.4 Å². The van der Waals surface area contributed by atoms with Crippen molar-refractivity contribution in [3.63, 3.8) is 0 Å². The van der Waals surface area contributed by atoms with E-state index in [1.165, 1.54) is 6.33 Å². The summed E-state index contributed by atoms with van der Waals surface area (Å²) in [4.78, 5) is 17.8. The second-order valence-corrected chi connectivity index (χ2v) is 8.12. The third kappa shape index (κ3) is 4.72. The van der Waals surface area contributed by atoms with Crippen LogP contribution >= 0.6 is 0 Å². The molecule has 2 heterocycles. The first kappa shape index (κ1) is 22.2. The molecule has 1 amide bonds. The third-order valence-corrected chi connectivity index (χ3v) is 5.81. The maximum absolute atomic E-state index is 13.5. The average Bonchev–Trinajstić information content (AvgIpc) is 3.36. The van der Waals surface area contributed by atoms with E-state index < -0.39 is 6.04 Å². The molecule has 0 unspecified atom stereocenters. The van der Waals surface area contributed by atoms with Gasteiger partial charge < -0.3 is 20.1 Å². The molecule has 176 valence electrons. The van der Waals surface area contributed by atoms with Gasteiger partial charge in [0.05, 0.1) is 12.7 Å². The highest BCUT2D eigenvalue weighted by Crippen LogP contribution is 2.36. The van der Waals surface area contributed by atoms with E-state index >= 15 is 0 Å². The van der Waals surface area contributed by atoms with E-state index in [0.717, 1.165) is 16.9 Å². The monoisotopic (exact) mass is 467 g/mol. The first-order valence-corrected chi connectivity index (χ1v) is 11.2. The number of anilines is 2. The van der Waals surface area contributed by atoms with Gasteiger partial charge in [-0.1, -0.05) is 42.5 Å². The number of carbonyl (C=O) groups excluding carboxylic acids is 1. The lowest BCUT2D eigenvalue weighted by Crippen LogP contribution is -2.31. The molecule has 0 saturated heterocycles. The van der Waals surface area contributed by atoms with E-state index in [1.807, 2.05) is 61.5 Å². The molecule has 0 saturated carbocycles. The van der Waals surface area contributed by atoms with Crippen LogP contribution in [0.5, 0.6) is 11.5 Å². The van der Waals surface area contributed by atoms with Crippen LogP contribution in [0.15, 0.2) is 96.5 Å². The normalized spacial score (nSPS) is 14.6. The highest BCUT2D eigenvalue weighted by molar-refractivity contribution is 6.06. The van der Waals surface area contributed by atoms with Crippen LogP contribution in [0.25, 0.3) is 0 Å². The first-order chi connectivity index (χ1) is 17.1. The molecule has 1 aliphatic heterocycles. The summed E-state index contributed by atoms with van der Waals surface area (Å²) >= 11 is 0. The summed E-state index contributed by atoms with van der Waals surface area (Å²) in [5.41, 5.74) is 3.85. The molecular formula is C27H25N5O3. The highest BCUT2D eigenvalue weighted by Gasteiger charge is 2.33. The predicted molar refractivity (Wildman–Crippen MR) is 133 cm³/mol. The van der Waals surface area contributed by atoms with Crippen LogP contribution in [0.4, 0.5) is 11.6 Å². The zero-order valence-electron chi connectivity index (χ0n) is 19.4. The van der Waals surface area contributed by atoms with Crippen molar-refractivity contribution in [1.29, 1.82) is 0 Å². The maximum atomic E-state index is 13.5. The number of hydrogen-bond donors (Lipinski definition) is 2. The van der Waals surface area contributed by atoms with Gasteiger partial charge in [0.1, 0.15) is 30.5 Å². The van der Waals surface area contributed by atoms with Gasteiger partial charge in [0.15, 0.2) is 0 Å². The largest absolute Gasteiger partial charge is 0.497 e.